The van der Waals surface area contributed by atoms with Gasteiger partial charge in [-0.3, -0.25) is 10.2 Å². The Morgan fingerprint density at radius 1 is 0.583 bits per heavy atom. The highest BCUT2D eigenvalue weighted by molar-refractivity contribution is 5.82. The molecule has 0 aliphatic heterocycles. The van der Waals surface area contributed by atoms with Gasteiger partial charge in [-0.05, 0) is 71.7 Å². The lowest BCUT2D eigenvalue weighted by molar-refractivity contribution is 0.817. The fraction of sp³-hybridized carbons (Fsp3) is 0.308. The molecule has 0 spiro atoms. The Morgan fingerprint density at radius 3 is 1.94 bits per heavy atom. The van der Waals surface area contributed by atoms with Gasteiger partial charge in [-0.2, -0.15) is 15.3 Å². The molecule has 9 nitrogen and oxygen atoms in total. The first-order chi connectivity index (χ1) is 23.2. The van der Waals surface area contributed by atoms with Gasteiger partial charge in [0, 0.05) is 57.9 Å². The second kappa shape index (κ2) is 15.5. The lowest BCUT2D eigenvalue weighted by atomic mass is 10.0. The van der Waals surface area contributed by atoms with Gasteiger partial charge in [0.15, 0.2) is 5.65 Å². The summed E-state index contributed by atoms with van der Waals surface area (Å²) < 4.78 is 1.91. The van der Waals surface area contributed by atoms with Crippen LogP contribution < -0.4 is 0 Å². The SMILES string of the molecule is CC(C)c1[nH]nc2ccccc12.CC(C)c1[nH]nc2ncccc12.CC(C)c1c[nH]c2ncccc12.CC(C)c1cnn2ccccc12. The Morgan fingerprint density at radius 2 is 1.21 bits per heavy atom. The van der Waals surface area contributed by atoms with Crippen LogP contribution in [0.5, 0.6) is 0 Å². The number of nitrogens with one attached hydrogen (secondary N) is 3. The highest BCUT2D eigenvalue weighted by atomic mass is 15.2. The molecule has 48 heavy (non-hydrogen) atoms. The lowest BCUT2D eigenvalue weighted by Gasteiger charge is -2.00. The van der Waals surface area contributed by atoms with E-state index >= 15 is 0 Å². The quantitative estimate of drug-likeness (QED) is 0.177. The normalized spacial score (nSPS) is 11.2. The largest absolute Gasteiger partial charge is 0.346 e. The van der Waals surface area contributed by atoms with E-state index in [0.717, 1.165) is 27.9 Å². The van der Waals surface area contributed by atoms with Crippen LogP contribution in [0, 0.1) is 0 Å². The molecule has 0 amide bonds. The van der Waals surface area contributed by atoms with Gasteiger partial charge in [-0.1, -0.05) is 79.7 Å². The molecule has 7 aromatic heterocycles. The molecule has 7 heterocycles. The van der Waals surface area contributed by atoms with Crippen LogP contribution in [0.25, 0.3) is 38.5 Å². The zero-order valence-corrected chi connectivity index (χ0v) is 29.2. The minimum Gasteiger partial charge on any atom is -0.346 e. The van der Waals surface area contributed by atoms with Crippen molar-refractivity contribution in [2.45, 2.75) is 79.1 Å². The fourth-order valence-corrected chi connectivity index (χ4v) is 5.58. The number of benzene rings is 1. The smallest absolute Gasteiger partial charge is 0.181 e. The highest BCUT2D eigenvalue weighted by Gasteiger charge is 2.09. The maximum Gasteiger partial charge on any atom is 0.181 e. The molecule has 3 N–H and O–H groups in total. The number of pyridine rings is 3. The molecule has 248 valence electrons. The molecule has 0 aliphatic carbocycles. The van der Waals surface area contributed by atoms with Crippen molar-refractivity contribution in [3.05, 3.63) is 120 Å². The molecule has 0 atom stereocenters. The van der Waals surface area contributed by atoms with Crippen molar-refractivity contribution in [1.29, 1.82) is 0 Å². The third kappa shape index (κ3) is 7.79. The number of aromatic nitrogens is 9. The van der Waals surface area contributed by atoms with Gasteiger partial charge in [0.25, 0.3) is 0 Å². The van der Waals surface area contributed by atoms with E-state index in [1.807, 2.05) is 77.8 Å². The molecular formula is C39H47N9. The molecular weight excluding hydrogens is 594 g/mol. The molecule has 0 fully saturated rings. The summed E-state index contributed by atoms with van der Waals surface area (Å²) in [6, 6.07) is 22.4. The van der Waals surface area contributed by atoms with E-state index in [1.54, 1.807) is 6.20 Å². The van der Waals surface area contributed by atoms with Gasteiger partial charge in [0.05, 0.1) is 17.2 Å². The van der Waals surface area contributed by atoms with Crippen molar-refractivity contribution in [2.75, 3.05) is 0 Å². The summed E-state index contributed by atoms with van der Waals surface area (Å²) in [6.45, 7) is 17.4. The van der Waals surface area contributed by atoms with Crippen molar-refractivity contribution in [2.24, 2.45) is 0 Å². The monoisotopic (exact) mass is 641 g/mol. The van der Waals surface area contributed by atoms with E-state index in [0.29, 0.717) is 23.7 Å². The summed E-state index contributed by atoms with van der Waals surface area (Å²) in [4.78, 5) is 11.5. The summed E-state index contributed by atoms with van der Waals surface area (Å²) in [7, 11) is 0. The Balaban J connectivity index is 0.000000125. The number of hydrogen-bond acceptors (Lipinski definition) is 5. The molecule has 8 aromatic rings. The van der Waals surface area contributed by atoms with E-state index in [2.05, 4.69) is 114 Å². The number of H-pyrrole nitrogens is 3. The van der Waals surface area contributed by atoms with Gasteiger partial charge >= 0.3 is 0 Å². The zero-order chi connectivity index (χ0) is 34.2. The molecule has 8 rings (SSSR count). The van der Waals surface area contributed by atoms with Crippen LogP contribution >= 0.6 is 0 Å². The molecule has 0 aliphatic rings. The van der Waals surface area contributed by atoms with Crippen molar-refractivity contribution < 1.29 is 0 Å². The summed E-state index contributed by atoms with van der Waals surface area (Å²) in [5.41, 5.74) is 9.12. The van der Waals surface area contributed by atoms with Crippen LogP contribution in [0.3, 0.4) is 0 Å². The lowest BCUT2D eigenvalue weighted by Crippen LogP contribution is -1.87. The number of nitrogens with zero attached hydrogens (tertiary/aromatic N) is 6. The van der Waals surface area contributed by atoms with Gasteiger partial charge in [-0.25, -0.2) is 14.5 Å². The van der Waals surface area contributed by atoms with E-state index in [4.69, 9.17) is 0 Å². The minimum atomic E-state index is 0.471. The fourth-order valence-electron chi connectivity index (χ4n) is 5.58. The van der Waals surface area contributed by atoms with Crippen LogP contribution in [-0.4, -0.2) is 45.0 Å². The standard InChI is InChI=1S/3C10H12N2.C9H11N3/c1-7(2)9-6-12-10-8(9)4-3-5-11-10;1-8(2)9-7-11-12-6-4-3-5-10(9)12;1-7(2)10-8-5-3-4-6-9(8)11-12-10;1-6(2)8-7-4-3-5-10-9(7)12-11-8/h3-7H,1-2H3,(H,11,12);3-8H,1-2H3;3-7H,1-2H3,(H,11,12);3-6H,1-2H3,(H,10,11,12). The Hall–Kier alpha value is -5.31. The Labute approximate surface area is 282 Å². The molecule has 0 saturated heterocycles. The molecule has 0 unspecified atom stereocenters. The first-order valence-corrected chi connectivity index (χ1v) is 16.7. The van der Waals surface area contributed by atoms with Gasteiger partial charge in [0.1, 0.15) is 5.65 Å². The van der Waals surface area contributed by atoms with Crippen LogP contribution in [0.15, 0.2) is 97.7 Å². The molecule has 0 radical (unpaired) electrons. The van der Waals surface area contributed by atoms with E-state index in [1.165, 1.54) is 33.1 Å². The van der Waals surface area contributed by atoms with Crippen molar-refractivity contribution in [1.82, 2.24) is 45.0 Å². The highest BCUT2D eigenvalue weighted by Crippen LogP contribution is 2.24. The van der Waals surface area contributed by atoms with Gasteiger partial charge < -0.3 is 4.98 Å². The number of fused-ring (bicyclic) bond motifs is 4. The van der Waals surface area contributed by atoms with Crippen LogP contribution in [0.2, 0.25) is 0 Å². The van der Waals surface area contributed by atoms with Gasteiger partial charge in [-0.15, -0.1) is 0 Å². The summed E-state index contributed by atoms with van der Waals surface area (Å²) in [5, 5.41) is 22.3. The van der Waals surface area contributed by atoms with Crippen LogP contribution in [0.4, 0.5) is 0 Å². The van der Waals surface area contributed by atoms with Crippen molar-refractivity contribution in [3.8, 4) is 0 Å². The van der Waals surface area contributed by atoms with Crippen molar-refractivity contribution >= 4 is 38.5 Å². The number of rotatable bonds is 4. The van der Waals surface area contributed by atoms with Gasteiger partial charge in [0.2, 0.25) is 0 Å². The topological polar surface area (TPSA) is 116 Å². The molecule has 0 bridgehead atoms. The van der Waals surface area contributed by atoms with E-state index in [9.17, 15) is 0 Å². The third-order valence-corrected chi connectivity index (χ3v) is 8.19. The average molecular weight is 642 g/mol. The van der Waals surface area contributed by atoms with Crippen molar-refractivity contribution in [3.63, 3.8) is 0 Å². The maximum absolute atomic E-state index is 4.26. The molecule has 0 saturated carbocycles. The summed E-state index contributed by atoms with van der Waals surface area (Å²) in [6.07, 6.45) is 9.53. The Kier molecular flexibility index (Phi) is 11.0. The summed E-state index contributed by atoms with van der Waals surface area (Å²) in [5.74, 6) is 2.09. The predicted octanol–water partition coefficient (Wildman–Crippen LogP) is 9.91. The minimum absolute atomic E-state index is 0.471. The Bertz CT molecular complexity index is 1860. The first-order valence-electron chi connectivity index (χ1n) is 16.7. The number of hydrogen-bond donors (Lipinski definition) is 3. The van der Waals surface area contributed by atoms with Crippen LogP contribution in [0.1, 0.15) is 102 Å². The summed E-state index contributed by atoms with van der Waals surface area (Å²) >= 11 is 0. The number of aromatic amines is 3. The number of para-hydroxylation sites is 1. The second-order valence-corrected chi connectivity index (χ2v) is 13.1. The second-order valence-electron chi connectivity index (χ2n) is 13.1. The predicted molar refractivity (Wildman–Crippen MR) is 198 cm³/mol. The molecule has 9 heteroatoms. The maximum atomic E-state index is 4.26. The first kappa shape index (κ1) is 34.0. The third-order valence-electron chi connectivity index (χ3n) is 8.19. The zero-order valence-electron chi connectivity index (χ0n) is 29.2. The average Bonchev–Trinajstić information content (AvgIpc) is 3.89. The van der Waals surface area contributed by atoms with E-state index in [-0.39, 0.29) is 0 Å². The molecule has 1 aromatic carbocycles. The van der Waals surface area contributed by atoms with E-state index < -0.39 is 0 Å². The van der Waals surface area contributed by atoms with Crippen LogP contribution in [-0.2, 0) is 0 Å².